The van der Waals surface area contributed by atoms with E-state index in [1.807, 2.05) is 0 Å². The van der Waals surface area contributed by atoms with Crippen LogP contribution in [0.4, 0.5) is 4.79 Å². The topological polar surface area (TPSA) is 55.8 Å². The quantitative estimate of drug-likeness (QED) is 0.502. The van der Waals surface area contributed by atoms with E-state index in [4.69, 9.17) is 9.84 Å². The van der Waals surface area contributed by atoms with Crippen LogP contribution in [0.1, 0.15) is 39.5 Å². The lowest BCUT2D eigenvalue weighted by molar-refractivity contribution is 0.0347. The Hall–Kier alpha value is -0.770. The van der Waals surface area contributed by atoms with E-state index in [1.165, 1.54) is 19.3 Å². The second kappa shape index (κ2) is 9.77. The summed E-state index contributed by atoms with van der Waals surface area (Å²) in [6.07, 6.45) is 3.98. The molecule has 0 heterocycles. The minimum atomic E-state index is -0.689. The van der Waals surface area contributed by atoms with E-state index >= 15 is 0 Å². The molecule has 0 amide bonds. The highest BCUT2D eigenvalue weighted by Crippen LogP contribution is 2.09. The Kier molecular flexibility index (Phi) is 9.27. The Labute approximate surface area is 91.6 Å². The molecule has 0 spiro atoms. The molecule has 0 saturated heterocycles. The van der Waals surface area contributed by atoms with Crippen LogP contribution in [-0.4, -0.2) is 31.1 Å². The second-order valence-corrected chi connectivity index (χ2v) is 3.73. The van der Waals surface area contributed by atoms with Crippen molar-refractivity contribution in [3.63, 3.8) is 0 Å². The van der Waals surface area contributed by atoms with E-state index < -0.39 is 6.16 Å². The number of aliphatic hydroxyl groups excluding tert-OH is 1. The lowest BCUT2D eigenvalue weighted by Crippen LogP contribution is -2.14. The van der Waals surface area contributed by atoms with Gasteiger partial charge in [0.05, 0.1) is 13.2 Å². The van der Waals surface area contributed by atoms with Crippen LogP contribution < -0.4 is 0 Å². The fourth-order valence-corrected chi connectivity index (χ4v) is 1.21. The molecule has 90 valence electrons. The molecule has 4 heteroatoms. The number of ether oxygens (including phenoxy) is 2. The average molecular weight is 218 g/mol. The predicted octanol–water partition coefficient (Wildman–Crippen LogP) is 2.35. The molecule has 0 fully saturated rings. The molecule has 0 aromatic rings. The summed E-state index contributed by atoms with van der Waals surface area (Å²) >= 11 is 0. The zero-order chi connectivity index (χ0) is 11.5. The number of hydrogen-bond donors (Lipinski definition) is 1. The van der Waals surface area contributed by atoms with Crippen LogP contribution in [0.5, 0.6) is 0 Å². The fourth-order valence-electron chi connectivity index (χ4n) is 1.21. The first kappa shape index (κ1) is 14.2. The fraction of sp³-hybridized carbons (Fsp3) is 0.909. The molecule has 0 bridgehead atoms. The normalized spacial score (nSPS) is 12.2. The number of aliphatic hydroxyl groups is 1. The summed E-state index contributed by atoms with van der Waals surface area (Å²) in [5.74, 6) is 0.373. The zero-order valence-corrected chi connectivity index (χ0v) is 9.70. The van der Waals surface area contributed by atoms with Crippen molar-refractivity contribution in [1.82, 2.24) is 0 Å². The summed E-state index contributed by atoms with van der Waals surface area (Å²) in [5, 5.41) is 8.40. The Balaban J connectivity index is 3.36. The Morgan fingerprint density at radius 1 is 1.33 bits per heavy atom. The lowest BCUT2D eigenvalue weighted by atomic mass is 10.0. The molecular weight excluding hydrogens is 196 g/mol. The highest BCUT2D eigenvalue weighted by atomic mass is 16.7. The Morgan fingerprint density at radius 3 is 2.67 bits per heavy atom. The van der Waals surface area contributed by atoms with E-state index in [-0.39, 0.29) is 13.2 Å². The van der Waals surface area contributed by atoms with Crippen molar-refractivity contribution in [2.75, 3.05) is 19.8 Å². The van der Waals surface area contributed by atoms with Crippen molar-refractivity contribution < 1.29 is 19.4 Å². The number of hydrogen-bond acceptors (Lipinski definition) is 4. The molecule has 4 nitrogen and oxygen atoms in total. The third kappa shape index (κ3) is 9.53. The lowest BCUT2D eigenvalue weighted by Gasteiger charge is -2.11. The first-order valence-corrected chi connectivity index (χ1v) is 5.61. The summed E-state index contributed by atoms with van der Waals surface area (Å²) in [7, 11) is 0. The van der Waals surface area contributed by atoms with E-state index in [0.717, 1.165) is 6.42 Å². The summed E-state index contributed by atoms with van der Waals surface area (Å²) in [6.45, 7) is 4.45. The van der Waals surface area contributed by atoms with Crippen LogP contribution in [-0.2, 0) is 9.47 Å². The third-order valence-corrected chi connectivity index (χ3v) is 2.10. The van der Waals surface area contributed by atoms with Crippen LogP contribution in [0, 0.1) is 5.92 Å². The second-order valence-electron chi connectivity index (χ2n) is 3.73. The molecule has 1 unspecified atom stereocenters. The van der Waals surface area contributed by atoms with Crippen LogP contribution in [0.25, 0.3) is 0 Å². The molecule has 0 saturated carbocycles. The summed E-state index contributed by atoms with van der Waals surface area (Å²) in [6, 6.07) is 0. The molecule has 1 N–H and O–H groups in total. The number of carbonyl (C=O) groups is 1. The largest absolute Gasteiger partial charge is 0.508 e. The van der Waals surface area contributed by atoms with Gasteiger partial charge in [0.25, 0.3) is 0 Å². The van der Waals surface area contributed by atoms with Crippen molar-refractivity contribution in [2.45, 2.75) is 39.5 Å². The summed E-state index contributed by atoms with van der Waals surface area (Å²) in [4.78, 5) is 10.9. The van der Waals surface area contributed by atoms with Gasteiger partial charge >= 0.3 is 6.16 Å². The van der Waals surface area contributed by atoms with Gasteiger partial charge in [0.1, 0.15) is 6.61 Å². The predicted molar refractivity (Wildman–Crippen MR) is 57.7 cm³/mol. The molecule has 0 aliphatic carbocycles. The first-order chi connectivity index (χ1) is 7.20. The van der Waals surface area contributed by atoms with Gasteiger partial charge in [-0.15, -0.1) is 0 Å². The zero-order valence-electron chi connectivity index (χ0n) is 9.70. The van der Waals surface area contributed by atoms with Gasteiger partial charge in [0.2, 0.25) is 0 Å². The SMILES string of the molecule is CCCCCC(C)COC(=O)OCCO. The molecule has 0 aromatic heterocycles. The van der Waals surface area contributed by atoms with Gasteiger partial charge < -0.3 is 14.6 Å². The van der Waals surface area contributed by atoms with E-state index in [2.05, 4.69) is 18.6 Å². The minimum absolute atomic E-state index is 0.00302. The van der Waals surface area contributed by atoms with Gasteiger partial charge in [-0.2, -0.15) is 0 Å². The maximum Gasteiger partial charge on any atom is 0.508 e. The maximum absolute atomic E-state index is 10.9. The van der Waals surface area contributed by atoms with Gasteiger partial charge in [-0.25, -0.2) is 4.79 Å². The molecule has 1 atom stereocenters. The van der Waals surface area contributed by atoms with Crippen LogP contribution >= 0.6 is 0 Å². The first-order valence-electron chi connectivity index (χ1n) is 5.61. The minimum Gasteiger partial charge on any atom is -0.434 e. The number of rotatable bonds is 8. The molecule has 15 heavy (non-hydrogen) atoms. The van der Waals surface area contributed by atoms with Gasteiger partial charge in [0.15, 0.2) is 0 Å². The van der Waals surface area contributed by atoms with Gasteiger partial charge in [-0.3, -0.25) is 0 Å². The third-order valence-electron chi connectivity index (χ3n) is 2.10. The standard InChI is InChI=1S/C11H22O4/c1-3-4-5-6-10(2)9-15-11(13)14-8-7-12/h10,12H,3-9H2,1-2H3. The summed E-state index contributed by atoms with van der Waals surface area (Å²) in [5.41, 5.74) is 0. The average Bonchev–Trinajstić information content (AvgIpc) is 2.24. The van der Waals surface area contributed by atoms with Gasteiger partial charge in [0, 0.05) is 0 Å². The van der Waals surface area contributed by atoms with E-state index in [0.29, 0.717) is 12.5 Å². The molecule has 0 aliphatic heterocycles. The maximum atomic E-state index is 10.9. The molecular formula is C11H22O4. The molecule has 0 rings (SSSR count). The molecule has 0 aliphatic rings. The smallest absolute Gasteiger partial charge is 0.434 e. The summed E-state index contributed by atoms with van der Waals surface area (Å²) < 4.78 is 9.42. The van der Waals surface area contributed by atoms with Crippen molar-refractivity contribution in [2.24, 2.45) is 5.92 Å². The van der Waals surface area contributed by atoms with Gasteiger partial charge in [-0.1, -0.05) is 33.1 Å². The van der Waals surface area contributed by atoms with Crippen LogP contribution in [0.3, 0.4) is 0 Å². The van der Waals surface area contributed by atoms with Crippen LogP contribution in [0.15, 0.2) is 0 Å². The highest BCUT2D eigenvalue weighted by molar-refractivity contribution is 5.59. The number of carbonyl (C=O) groups excluding carboxylic acids is 1. The van der Waals surface area contributed by atoms with Crippen molar-refractivity contribution in [1.29, 1.82) is 0 Å². The van der Waals surface area contributed by atoms with Gasteiger partial charge in [-0.05, 0) is 12.3 Å². The van der Waals surface area contributed by atoms with Crippen molar-refractivity contribution >= 4 is 6.16 Å². The highest BCUT2D eigenvalue weighted by Gasteiger charge is 2.07. The van der Waals surface area contributed by atoms with E-state index in [1.54, 1.807) is 0 Å². The monoisotopic (exact) mass is 218 g/mol. The van der Waals surface area contributed by atoms with Crippen molar-refractivity contribution in [3.05, 3.63) is 0 Å². The van der Waals surface area contributed by atoms with Crippen LogP contribution in [0.2, 0.25) is 0 Å². The Morgan fingerprint density at radius 2 is 2.07 bits per heavy atom. The van der Waals surface area contributed by atoms with Crippen molar-refractivity contribution in [3.8, 4) is 0 Å². The van der Waals surface area contributed by atoms with E-state index in [9.17, 15) is 4.79 Å². The molecule has 0 aromatic carbocycles. The number of unbranched alkanes of at least 4 members (excludes halogenated alkanes) is 2. The molecule has 0 radical (unpaired) electrons. The Bertz CT molecular complexity index is 159.